The van der Waals surface area contributed by atoms with Crippen LogP contribution in [0.25, 0.3) is 0 Å². The van der Waals surface area contributed by atoms with E-state index in [4.69, 9.17) is 9.47 Å². The number of phenols is 2. The highest BCUT2D eigenvalue weighted by molar-refractivity contribution is 9.39. The van der Waals surface area contributed by atoms with Crippen molar-refractivity contribution in [2.45, 2.75) is 15.0 Å². The third-order valence-electron chi connectivity index (χ3n) is 3.23. The summed E-state index contributed by atoms with van der Waals surface area (Å²) in [5, 5.41) is 20.1. The Kier molecular flexibility index (Phi) is 4.31. The zero-order valence-electron chi connectivity index (χ0n) is 11.1. The Balaban J connectivity index is 2.03. The zero-order valence-corrected chi connectivity index (χ0v) is 15.9. The predicted molar refractivity (Wildman–Crippen MR) is 94.2 cm³/mol. The summed E-state index contributed by atoms with van der Waals surface area (Å²) in [5.41, 5.74) is 0.493. The van der Waals surface area contributed by atoms with Gasteiger partial charge in [-0.3, -0.25) is 0 Å². The molecule has 116 valence electrons. The molecule has 0 amide bonds. The summed E-state index contributed by atoms with van der Waals surface area (Å²) in [5.74, 6) is 1.52. The Morgan fingerprint density at radius 2 is 1.59 bits per heavy atom. The molecule has 0 bridgehead atoms. The minimum Gasteiger partial charge on any atom is -0.504 e. The second-order valence-electron chi connectivity index (χ2n) is 4.82. The van der Waals surface area contributed by atoms with Crippen LogP contribution in [0, 0.1) is 0 Å². The van der Waals surface area contributed by atoms with Gasteiger partial charge in [0.15, 0.2) is 34.5 Å². The van der Waals surface area contributed by atoms with Crippen molar-refractivity contribution >= 4 is 47.8 Å². The van der Waals surface area contributed by atoms with Gasteiger partial charge in [-0.15, -0.1) is 0 Å². The quantitative estimate of drug-likeness (QED) is 0.351. The van der Waals surface area contributed by atoms with Crippen LogP contribution in [0.2, 0.25) is 0 Å². The normalized spacial score (nSPS) is 12.9. The fourth-order valence-electron chi connectivity index (χ4n) is 2.20. The number of hydrogen-bond donors (Lipinski definition) is 2. The lowest BCUT2D eigenvalue weighted by molar-refractivity contribution is 0.340. The van der Waals surface area contributed by atoms with Crippen molar-refractivity contribution in [3.63, 3.8) is 0 Å². The lowest BCUT2D eigenvalue weighted by Crippen LogP contribution is -2.06. The molecule has 0 aromatic heterocycles. The molecule has 3 rings (SSSR count). The average Bonchev–Trinajstić information content (AvgIpc) is 2.45. The second kappa shape index (κ2) is 5.94. The summed E-state index contributed by atoms with van der Waals surface area (Å²) in [4.78, 5) is 0. The number of rotatable bonds is 2. The fourth-order valence-corrected chi connectivity index (χ4v) is 2.80. The van der Waals surface area contributed by atoms with Crippen LogP contribution >= 0.6 is 47.8 Å². The van der Waals surface area contributed by atoms with E-state index >= 15 is 0 Å². The number of phenolic OH excluding ortho intramolecular Hbond substituents is 2. The first-order valence-corrected chi connectivity index (χ1v) is 8.82. The first-order valence-electron chi connectivity index (χ1n) is 6.44. The standard InChI is InChI=1S/C15H11Br3O4/c16-15(17,18)6-5-8-13(20)9(19)7-12-14(8)22-11-4-2-1-3-10(11)21-12/h1-4,7,19-20H,5-6H2. The van der Waals surface area contributed by atoms with E-state index in [1.807, 2.05) is 12.1 Å². The van der Waals surface area contributed by atoms with Crippen LogP contribution in [-0.2, 0) is 6.42 Å². The fraction of sp³-hybridized carbons (Fsp3) is 0.200. The molecule has 0 saturated heterocycles. The Morgan fingerprint density at radius 1 is 0.955 bits per heavy atom. The molecule has 0 aliphatic carbocycles. The molecule has 1 aliphatic heterocycles. The van der Waals surface area contributed by atoms with Gasteiger partial charge in [-0.05, 0) is 25.0 Å². The average molecular weight is 495 g/mol. The summed E-state index contributed by atoms with van der Waals surface area (Å²) >= 11 is 10.3. The summed E-state index contributed by atoms with van der Waals surface area (Å²) in [7, 11) is 0. The molecule has 0 spiro atoms. The van der Waals surface area contributed by atoms with E-state index in [9.17, 15) is 10.2 Å². The monoisotopic (exact) mass is 492 g/mol. The molecular formula is C15H11Br3O4. The van der Waals surface area contributed by atoms with Gasteiger partial charge in [0.2, 0.25) is 0 Å². The van der Waals surface area contributed by atoms with Gasteiger partial charge in [0, 0.05) is 11.6 Å². The molecule has 1 heterocycles. The maximum Gasteiger partial charge on any atom is 0.177 e. The highest BCUT2D eigenvalue weighted by Crippen LogP contribution is 2.53. The number of ether oxygens (including phenoxy) is 2. The number of alkyl halides is 3. The van der Waals surface area contributed by atoms with Crippen molar-refractivity contribution in [1.29, 1.82) is 0 Å². The molecule has 0 fully saturated rings. The van der Waals surface area contributed by atoms with Crippen molar-refractivity contribution in [2.24, 2.45) is 0 Å². The SMILES string of the molecule is Oc1cc2c(c(CCC(Br)(Br)Br)c1O)Oc1ccccc1O2. The van der Waals surface area contributed by atoms with Crippen molar-refractivity contribution in [1.82, 2.24) is 0 Å². The second-order valence-corrected chi connectivity index (χ2v) is 12.1. The third kappa shape index (κ3) is 3.21. The van der Waals surface area contributed by atoms with Gasteiger partial charge in [0.05, 0.1) is 0 Å². The van der Waals surface area contributed by atoms with Crippen LogP contribution in [0.1, 0.15) is 12.0 Å². The van der Waals surface area contributed by atoms with Gasteiger partial charge < -0.3 is 19.7 Å². The van der Waals surface area contributed by atoms with Gasteiger partial charge in [-0.1, -0.05) is 59.9 Å². The molecule has 22 heavy (non-hydrogen) atoms. The lowest BCUT2D eigenvalue weighted by atomic mass is 10.1. The van der Waals surface area contributed by atoms with E-state index in [1.54, 1.807) is 12.1 Å². The molecule has 0 saturated carbocycles. The van der Waals surface area contributed by atoms with Crippen molar-refractivity contribution < 1.29 is 19.7 Å². The smallest absolute Gasteiger partial charge is 0.177 e. The van der Waals surface area contributed by atoms with E-state index in [2.05, 4.69) is 47.8 Å². The van der Waals surface area contributed by atoms with Crippen LogP contribution < -0.4 is 9.47 Å². The van der Waals surface area contributed by atoms with E-state index < -0.39 is 2.14 Å². The molecule has 2 aromatic carbocycles. The number of para-hydroxylation sites is 2. The molecule has 7 heteroatoms. The predicted octanol–water partition coefficient (Wildman–Crippen LogP) is 5.77. The number of halogens is 3. The highest BCUT2D eigenvalue weighted by atomic mass is 80.0. The van der Waals surface area contributed by atoms with Gasteiger partial charge in [-0.2, -0.15) is 0 Å². The number of fused-ring (bicyclic) bond motifs is 2. The van der Waals surface area contributed by atoms with Crippen LogP contribution in [0.4, 0.5) is 0 Å². The molecule has 0 radical (unpaired) electrons. The minimum absolute atomic E-state index is 0.196. The van der Waals surface area contributed by atoms with Crippen molar-refractivity contribution in [3.05, 3.63) is 35.9 Å². The first-order chi connectivity index (χ1) is 10.3. The van der Waals surface area contributed by atoms with Gasteiger partial charge in [-0.25, -0.2) is 0 Å². The highest BCUT2D eigenvalue weighted by Gasteiger charge is 2.28. The molecule has 0 atom stereocenters. The summed E-state index contributed by atoms with van der Waals surface area (Å²) in [6.07, 6.45) is 1.05. The lowest BCUT2D eigenvalue weighted by Gasteiger charge is -2.24. The Hall–Kier alpha value is -0.920. The minimum atomic E-state index is -0.453. The maximum atomic E-state index is 10.2. The Labute approximate surface area is 152 Å². The summed E-state index contributed by atoms with van der Waals surface area (Å²) < 4.78 is 11.2. The summed E-state index contributed by atoms with van der Waals surface area (Å²) in [6.45, 7) is 0. The van der Waals surface area contributed by atoms with Crippen LogP contribution in [-0.4, -0.2) is 12.4 Å². The van der Waals surface area contributed by atoms with Crippen LogP contribution in [0.3, 0.4) is 0 Å². The van der Waals surface area contributed by atoms with E-state index in [0.29, 0.717) is 41.4 Å². The largest absolute Gasteiger partial charge is 0.504 e. The van der Waals surface area contributed by atoms with E-state index in [-0.39, 0.29) is 11.5 Å². The number of aromatic hydroxyl groups is 2. The maximum absolute atomic E-state index is 10.2. The van der Waals surface area contributed by atoms with Crippen molar-refractivity contribution in [3.8, 4) is 34.5 Å². The Bertz CT molecular complexity index is 725. The third-order valence-corrected chi connectivity index (χ3v) is 4.42. The Morgan fingerprint density at radius 3 is 2.23 bits per heavy atom. The zero-order chi connectivity index (χ0) is 15.9. The molecular weight excluding hydrogens is 484 g/mol. The number of hydrogen-bond acceptors (Lipinski definition) is 4. The van der Waals surface area contributed by atoms with E-state index in [1.165, 1.54) is 6.07 Å². The molecule has 2 N–H and O–H groups in total. The molecule has 1 aliphatic rings. The number of benzene rings is 2. The van der Waals surface area contributed by atoms with Crippen LogP contribution in [0.15, 0.2) is 30.3 Å². The topological polar surface area (TPSA) is 58.9 Å². The van der Waals surface area contributed by atoms with Crippen LogP contribution in [0.5, 0.6) is 34.5 Å². The molecule has 0 unspecified atom stereocenters. The van der Waals surface area contributed by atoms with Gasteiger partial charge in [0.1, 0.15) is 2.14 Å². The van der Waals surface area contributed by atoms with Crippen molar-refractivity contribution in [2.75, 3.05) is 0 Å². The molecule has 2 aromatic rings. The first kappa shape index (κ1) is 16.0. The molecule has 4 nitrogen and oxygen atoms in total. The van der Waals surface area contributed by atoms with E-state index in [0.717, 1.165) is 0 Å². The summed E-state index contributed by atoms with van der Waals surface area (Å²) in [6, 6.07) is 8.60. The van der Waals surface area contributed by atoms with Gasteiger partial charge >= 0.3 is 0 Å². The van der Waals surface area contributed by atoms with Gasteiger partial charge in [0.25, 0.3) is 0 Å².